The number of benzene rings is 1. The van der Waals surface area contributed by atoms with E-state index in [1.165, 1.54) is 6.07 Å². The summed E-state index contributed by atoms with van der Waals surface area (Å²) in [7, 11) is 0. The predicted octanol–water partition coefficient (Wildman–Crippen LogP) is 2.25. The first-order valence-corrected chi connectivity index (χ1v) is 4.19. The molecule has 0 aliphatic rings. The summed E-state index contributed by atoms with van der Waals surface area (Å²) in [5.74, 6) is -0.758. The van der Waals surface area contributed by atoms with E-state index in [4.69, 9.17) is 5.11 Å². The number of halogens is 1. The number of nitro groups is 1. The summed E-state index contributed by atoms with van der Waals surface area (Å²) in [5.41, 5.74) is -0.667. The molecular weight excluding hydrogens is 189 g/mol. The van der Waals surface area contributed by atoms with Crippen molar-refractivity contribution in [3.63, 3.8) is 0 Å². The van der Waals surface area contributed by atoms with Crippen molar-refractivity contribution in [1.82, 2.24) is 0 Å². The fourth-order valence-corrected chi connectivity index (χ4v) is 0.875. The van der Waals surface area contributed by atoms with Crippen LogP contribution in [0.25, 0.3) is 0 Å². The third-order valence-electron chi connectivity index (χ3n) is 1.45. The van der Waals surface area contributed by atoms with E-state index < -0.39 is 23.0 Å². The van der Waals surface area contributed by atoms with Gasteiger partial charge in [-0.1, -0.05) is 19.9 Å². The zero-order chi connectivity index (χ0) is 11.1. The Hall–Kier alpha value is -1.49. The van der Waals surface area contributed by atoms with E-state index in [2.05, 4.69) is 0 Å². The summed E-state index contributed by atoms with van der Waals surface area (Å²) in [5, 5.41) is 18.9. The second-order valence-electron chi connectivity index (χ2n) is 2.15. The van der Waals surface area contributed by atoms with Crippen molar-refractivity contribution < 1.29 is 14.4 Å². The van der Waals surface area contributed by atoms with Crippen LogP contribution in [0.2, 0.25) is 0 Å². The molecule has 0 saturated carbocycles. The van der Waals surface area contributed by atoms with Crippen LogP contribution in [0.5, 0.6) is 0 Å². The number of nitro benzene ring substituents is 1. The van der Waals surface area contributed by atoms with Crippen LogP contribution in [0.4, 0.5) is 10.1 Å². The lowest BCUT2D eigenvalue weighted by Gasteiger charge is -1.98. The highest BCUT2D eigenvalue weighted by molar-refractivity contribution is 5.40. The smallest absolute Gasteiger partial charge is 0.277 e. The number of aliphatic hydroxyl groups is 1. The van der Waals surface area contributed by atoms with Crippen molar-refractivity contribution in [1.29, 1.82) is 0 Å². The van der Waals surface area contributed by atoms with Gasteiger partial charge in [-0.15, -0.1) is 0 Å². The molecule has 0 fully saturated rings. The van der Waals surface area contributed by atoms with Crippen molar-refractivity contribution in [2.45, 2.75) is 20.5 Å². The normalized spacial score (nSPS) is 8.86. The minimum Gasteiger partial charge on any atom is -0.391 e. The number of aliphatic hydroxyl groups excluding tert-OH is 1. The van der Waals surface area contributed by atoms with Gasteiger partial charge in [0.1, 0.15) is 5.82 Å². The second kappa shape index (κ2) is 6.04. The van der Waals surface area contributed by atoms with Crippen LogP contribution >= 0.6 is 0 Å². The standard InChI is InChI=1S/C7H6FNO3.C2H6/c8-6-2-1-3-7(9(11)12)5(6)4-10;1-2/h1-3,10H,4H2;1-2H3. The fraction of sp³-hybridized carbons (Fsp3) is 0.333. The Balaban J connectivity index is 0.000000791. The summed E-state index contributed by atoms with van der Waals surface area (Å²) in [6.07, 6.45) is 0. The van der Waals surface area contributed by atoms with Gasteiger partial charge in [-0.3, -0.25) is 10.1 Å². The predicted molar refractivity (Wildman–Crippen MR) is 50.3 cm³/mol. The lowest BCUT2D eigenvalue weighted by atomic mass is 10.2. The third kappa shape index (κ3) is 2.77. The van der Waals surface area contributed by atoms with Crippen molar-refractivity contribution in [2.75, 3.05) is 0 Å². The number of rotatable bonds is 2. The zero-order valence-electron chi connectivity index (χ0n) is 8.03. The Morgan fingerprint density at radius 1 is 1.50 bits per heavy atom. The number of hydrogen-bond acceptors (Lipinski definition) is 3. The first-order valence-electron chi connectivity index (χ1n) is 4.19. The van der Waals surface area contributed by atoms with Crippen molar-refractivity contribution in [3.8, 4) is 0 Å². The highest BCUT2D eigenvalue weighted by Crippen LogP contribution is 2.20. The largest absolute Gasteiger partial charge is 0.391 e. The monoisotopic (exact) mass is 201 g/mol. The minimum absolute atomic E-state index is 0.275. The molecule has 0 aliphatic carbocycles. The summed E-state index contributed by atoms with van der Waals surface area (Å²) in [6, 6.07) is 3.44. The van der Waals surface area contributed by atoms with E-state index >= 15 is 0 Å². The first kappa shape index (κ1) is 12.5. The summed E-state index contributed by atoms with van der Waals surface area (Å²) in [6.45, 7) is 3.34. The molecule has 0 aromatic heterocycles. The van der Waals surface area contributed by atoms with Crippen molar-refractivity contribution >= 4 is 5.69 Å². The highest BCUT2D eigenvalue weighted by Gasteiger charge is 2.15. The fourth-order valence-electron chi connectivity index (χ4n) is 0.875. The van der Waals surface area contributed by atoms with Crippen molar-refractivity contribution in [2.24, 2.45) is 0 Å². The molecule has 0 spiro atoms. The Kier molecular flexibility index (Phi) is 5.40. The molecular formula is C9H12FNO3. The van der Waals surface area contributed by atoms with E-state index in [9.17, 15) is 14.5 Å². The molecule has 14 heavy (non-hydrogen) atoms. The molecule has 0 aliphatic heterocycles. The lowest BCUT2D eigenvalue weighted by molar-refractivity contribution is -0.386. The number of hydrogen-bond donors (Lipinski definition) is 1. The summed E-state index contributed by atoms with van der Waals surface area (Å²) >= 11 is 0. The lowest BCUT2D eigenvalue weighted by Crippen LogP contribution is -1.97. The molecule has 1 rings (SSSR count). The maximum atomic E-state index is 12.7. The topological polar surface area (TPSA) is 63.4 Å². The van der Waals surface area contributed by atoms with Gasteiger partial charge in [-0.05, 0) is 6.07 Å². The van der Waals surface area contributed by atoms with Crippen LogP contribution in [0.15, 0.2) is 18.2 Å². The molecule has 0 radical (unpaired) electrons. The molecule has 0 heterocycles. The minimum atomic E-state index is -0.758. The quantitative estimate of drug-likeness (QED) is 0.589. The van der Waals surface area contributed by atoms with Gasteiger partial charge in [0.15, 0.2) is 0 Å². The van der Waals surface area contributed by atoms with Gasteiger partial charge in [0.2, 0.25) is 0 Å². The second-order valence-corrected chi connectivity index (χ2v) is 2.15. The van der Waals surface area contributed by atoms with E-state index in [1.54, 1.807) is 0 Å². The maximum Gasteiger partial charge on any atom is 0.277 e. The highest BCUT2D eigenvalue weighted by atomic mass is 19.1. The van der Waals surface area contributed by atoms with Gasteiger partial charge in [0.25, 0.3) is 5.69 Å². The average Bonchev–Trinajstić information content (AvgIpc) is 2.20. The number of nitrogens with zero attached hydrogens (tertiary/aromatic N) is 1. The van der Waals surface area contributed by atoms with Gasteiger partial charge in [-0.2, -0.15) is 0 Å². The Morgan fingerprint density at radius 2 is 2.07 bits per heavy atom. The van der Waals surface area contributed by atoms with Gasteiger partial charge >= 0.3 is 0 Å². The van der Waals surface area contributed by atoms with Crippen LogP contribution in [-0.2, 0) is 6.61 Å². The molecule has 0 saturated heterocycles. The Labute approximate surface area is 81.1 Å². The molecule has 1 N–H and O–H groups in total. The average molecular weight is 201 g/mol. The van der Waals surface area contributed by atoms with E-state index in [0.717, 1.165) is 12.1 Å². The molecule has 78 valence electrons. The van der Waals surface area contributed by atoms with E-state index in [-0.39, 0.29) is 5.56 Å². The first-order chi connectivity index (χ1) is 6.66. The molecule has 1 aromatic carbocycles. The molecule has 0 bridgehead atoms. The van der Waals surface area contributed by atoms with E-state index in [0.29, 0.717) is 0 Å². The molecule has 5 heteroatoms. The summed E-state index contributed by atoms with van der Waals surface area (Å²) < 4.78 is 12.7. The summed E-state index contributed by atoms with van der Waals surface area (Å²) in [4.78, 5) is 9.53. The van der Waals surface area contributed by atoms with Crippen LogP contribution in [-0.4, -0.2) is 10.0 Å². The Bertz CT molecular complexity index is 315. The van der Waals surface area contributed by atoms with E-state index in [1.807, 2.05) is 13.8 Å². The van der Waals surface area contributed by atoms with Gasteiger partial charge in [0.05, 0.1) is 17.1 Å². The molecule has 4 nitrogen and oxygen atoms in total. The van der Waals surface area contributed by atoms with Gasteiger partial charge in [-0.25, -0.2) is 4.39 Å². The zero-order valence-corrected chi connectivity index (χ0v) is 8.03. The molecule has 0 unspecified atom stereocenters. The van der Waals surface area contributed by atoms with Crippen LogP contribution in [0.1, 0.15) is 19.4 Å². The van der Waals surface area contributed by atoms with Gasteiger partial charge in [0, 0.05) is 6.07 Å². The Morgan fingerprint density at radius 3 is 2.43 bits per heavy atom. The van der Waals surface area contributed by atoms with Crippen LogP contribution < -0.4 is 0 Å². The molecule has 0 amide bonds. The third-order valence-corrected chi connectivity index (χ3v) is 1.45. The SMILES string of the molecule is CC.O=[N+]([O-])c1cccc(F)c1CO. The van der Waals surface area contributed by atoms with Crippen LogP contribution in [0, 0.1) is 15.9 Å². The maximum absolute atomic E-state index is 12.7. The van der Waals surface area contributed by atoms with Gasteiger partial charge < -0.3 is 5.11 Å². The van der Waals surface area contributed by atoms with Crippen molar-refractivity contribution in [3.05, 3.63) is 39.7 Å². The molecule has 0 atom stereocenters. The molecule has 1 aromatic rings. The van der Waals surface area contributed by atoms with Crippen LogP contribution in [0.3, 0.4) is 0 Å².